The number of anilines is 1. The number of morpholine rings is 1. The number of hydrogen-bond acceptors (Lipinski definition) is 5. The summed E-state index contributed by atoms with van der Waals surface area (Å²) in [5.41, 5.74) is 2.24. The van der Waals surface area contributed by atoms with Crippen LogP contribution in [-0.2, 0) is 16.1 Å². The summed E-state index contributed by atoms with van der Waals surface area (Å²) in [6.07, 6.45) is 0. The van der Waals surface area contributed by atoms with E-state index in [2.05, 4.69) is 10.4 Å². The van der Waals surface area contributed by atoms with Crippen molar-refractivity contribution in [2.45, 2.75) is 20.4 Å². The number of nitrogens with one attached hydrogen (secondary N) is 1. The predicted molar refractivity (Wildman–Crippen MR) is 98.8 cm³/mol. The van der Waals surface area contributed by atoms with E-state index in [1.807, 2.05) is 0 Å². The number of ether oxygens (including phenoxy) is 1. The molecule has 27 heavy (non-hydrogen) atoms. The first-order chi connectivity index (χ1) is 12.9. The smallest absolute Gasteiger partial charge is 0.274 e. The second-order valence-corrected chi connectivity index (χ2v) is 6.41. The van der Waals surface area contributed by atoms with Gasteiger partial charge < -0.3 is 15.0 Å². The highest BCUT2D eigenvalue weighted by molar-refractivity contribution is 5.96. The number of nitrogens with zero attached hydrogens (tertiary/aromatic N) is 3. The van der Waals surface area contributed by atoms with E-state index < -0.39 is 0 Å². The molecule has 3 rings (SSSR count). The molecule has 2 aromatic rings. The highest BCUT2D eigenvalue weighted by atomic mass is 16.5. The van der Waals surface area contributed by atoms with E-state index in [9.17, 15) is 14.4 Å². The maximum atomic E-state index is 12.5. The maximum Gasteiger partial charge on any atom is 0.274 e. The van der Waals surface area contributed by atoms with E-state index in [0.717, 1.165) is 5.69 Å². The average molecular weight is 370 g/mol. The molecular weight excluding hydrogens is 348 g/mol. The molecule has 8 heteroatoms. The SMILES string of the molecule is CC(=O)c1ccc(NC(=O)Cn2nc(C(=O)N3CCOCC3)cc2C)cc1. The number of carbonyl (C=O) groups excluding carboxylic acids is 3. The van der Waals surface area contributed by atoms with E-state index in [1.165, 1.54) is 11.6 Å². The molecule has 0 spiro atoms. The van der Waals surface area contributed by atoms with Crippen molar-refractivity contribution in [2.24, 2.45) is 0 Å². The first kappa shape index (κ1) is 18.8. The molecule has 1 aromatic carbocycles. The molecule has 142 valence electrons. The molecule has 0 atom stereocenters. The zero-order valence-electron chi connectivity index (χ0n) is 15.4. The molecule has 0 unspecified atom stereocenters. The number of benzene rings is 1. The van der Waals surface area contributed by atoms with Crippen LogP contribution in [0.3, 0.4) is 0 Å². The topological polar surface area (TPSA) is 93.5 Å². The quantitative estimate of drug-likeness (QED) is 0.805. The minimum Gasteiger partial charge on any atom is -0.378 e. The molecule has 8 nitrogen and oxygen atoms in total. The molecule has 1 fully saturated rings. The molecule has 0 saturated carbocycles. The lowest BCUT2D eigenvalue weighted by molar-refractivity contribution is -0.116. The third kappa shape index (κ3) is 4.59. The van der Waals surface area contributed by atoms with Gasteiger partial charge in [0.15, 0.2) is 11.5 Å². The van der Waals surface area contributed by atoms with Crippen molar-refractivity contribution in [3.05, 3.63) is 47.3 Å². The van der Waals surface area contributed by atoms with Crippen molar-refractivity contribution >= 4 is 23.3 Å². The zero-order chi connectivity index (χ0) is 19.4. The zero-order valence-corrected chi connectivity index (χ0v) is 15.4. The Kier molecular flexibility index (Phi) is 5.66. The summed E-state index contributed by atoms with van der Waals surface area (Å²) in [4.78, 5) is 37.8. The minimum absolute atomic E-state index is 0.00329. The molecule has 0 radical (unpaired) electrons. The van der Waals surface area contributed by atoms with Crippen LogP contribution in [0.15, 0.2) is 30.3 Å². The number of aromatic nitrogens is 2. The summed E-state index contributed by atoms with van der Waals surface area (Å²) in [7, 11) is 0. The molecule has 0 aliphatic carbocycles. The van der Waals surface area contributed by atoms with Crippen LogP contribution in [0.2, 0.25) is 0 Å². The van der Waals surface area contributed by atoms with Gasteiger partial charge in [0.2, 0.25) is 5.91 Å². The molecule has 1 aromatic heterocycles. The standard InChI is InChI=1S/C19H22N4O4/c1-13-11-17(19(26)22-7-9-27-10-8-22)21-23(13)12-18(25)20-16-5-3-15(4-6-16)14(2)24/h3-6,11H,7-10,12H2,1-2H3,(H,20,25). The van der Waals surface area contributed by atoms with Crippen LogP contribution in [0.4, 0.5) is 5.69 Å². The summed E-state index contributed by atoms with van der Waals surface area (Å²) in [5, 5.41) is 7.05. The van der Waals surface area contributed by atoms with E-state index in [1.54, 1.807) is 42.2 Å². The van der Waals surface area contributed by atoms with Crippen LogP contribution in [-0.4, -0.2) is 58.6 Å². The Balaban J connectivity index is 1.63. The molecule has 1 saturated heterocycles. The Hall–Kier alpha value is -3.00. The lowest BCUT2D eigenvalue weighted by atomic mass is 10.1. The Labute approximate surface area is 157 Å². The number of ketones is 1. The van der Waals surface area contributed by atoms with Gasteiger partial charge in [0.25, 0.3) is 5.91 Å². The fourth-order valence-corrected chi connectivity index (χ4v) is 2.83. The Morgan fingerprint density at radius 1 is 1.15 bits per heavy atom. The van der Waals surface area contributed by atoms with Crippen molar-refractivity contribution in [1.29, 1.82) is 0 Å². The third-order valence-electron chi connectivity index (χ3n) is 4.37. The molecule has 0 bridgehead atoms. The van der Waals surface area contributed by atoms with Crippen molar-refractivity contribution in [2.75, 3.05) is 31.6 Å². The van der Waals surface area contributed by atoms with E-state index in [0.29, 0.717) is 43.2 Å². The van der Waals surface area contributed by atoms with Gasteiger partial charge in [0.1, 0.15) is 6.54 Å². The second-order valence-electron chi connectivity index (χ2n) is 6.41. The summed E-state index contributed by atoms with van der Waals surface area (Å²) in [6.45, 7) is 5.42. The van der Waals surface area contributed by atoms with Gasteiger partial charge in [0.05, 0.1) is 13.2 Å². The lowest BCUT2D eigenvalue weighted by Crippen LogP contribution is -2.40. The van der Waals surface area contributed by atoms with E-state index >= 15 is 0 Å². The molecule has 1 aliphatic heterocycles. The fourth-order valence-electron chi connectivity index (χ4n) is 2.83. The Bertz CT molecular complexity index is 851. The van der Waals surface area contributed by atoms with Gasteiger partial charge >= 0.3 is 0 Å². The molecule has 1 aliphatic rings. The third-order valence-corrected chi connectivity index (χ3v) is 4.37. The van der Waals surface area contributed by atoms with Crippen molar-refractivity contribution < 1.29 is 19.1 Å². The second kappa shape index (κ2) is 8.13. The fraction of sp³-hybridized carbons (Fsp3) is 0.368. The number of rotatable bonds is 5. The molecular formula is C19H22N4O4. The van der Waals surface area contributed by atoms with Gasteiger partial charge in [0, 0.05) is 30.0 Å². The number of Topliss-reactive ketones (excluding diaryl/α,β-unsaturated/α-hetero) is 1. The summed E-state index contributed by atoms with van der Waals surface area (Å²) in [6, 6.07) is 8.37. The van der Waals surface area contributed by atoms with Crippen LogP contribution in [0.1, 0.15) is 33.5 Å². The summed E-state index contributed by atoms with van der Waals surface area (Å²) < 4.78 is 6.76. The Morgan fingerprint density at radius 2 is 1.81 bits per heavy atom. The number of carbonyl (C=O) groups is 3. The normalized spacial score (nSPS) is 14.1. The predicted octanol–water partition coefficient (Wildman–Crippen LogP) is 1.51. The van der Waals surface area contributed by atoms with Crippen LogP contribution in [0, 0.1) is 6.92 Å². The molecule has 1 N–H and O–H groups in total. The molecule has 2 amide bonds. The largest absolute Gasteiger partial charge is 0.378 e. The van der Waals surface area contributed by atoms with Crippen molar-refractivity contribution in [3.8, 4) is 0 Å². The minimum atomic E-state index is -0.262. The average Bonchev–Trinajstić information content (AvgIpc) is 3.02. The van der Waals surface area contributed by atoms with Crippen molar-refractivity contribution in [3.63, 3.8) is 0 Å². The van der Waals surface area contributed by atoms with Gasteiger partial charge in [-0.2, -0.15) is 5.10 Å². The first-order valence-electron chi connectivity index (χ1n) is 8.76. The van der Waals surface area contributed by atoms with Crippen LogP contribution in [0.25, 0.3) is 0 Å². The number of aryl methyl sites for hydroxylation is 1. The highest BCUT2D eigenvalue weighted by Gasteiger charge is 2.22. The lowest BCUT2D eigenvalue weighted by Gasteiger charge is -2.25. The first-order valence-corrected chi connectivity index (χ1v) is 8.76. The van der Waals surface area contributed by atoms with E-state index in [-0.39, 0.29) is 24.1 Å². The van der Waals surface area contributed by atoms with Crippen LogP contribution < -0.4 is 5.32 Å². The number of hydrogen-bond donors (Lipinski definition) is 1. The maximum absolute atomic E-state index is 12.5. The molecule has 2 heterocycles. The van der Waals surface area contributed by atoms with Gasteiger partial charge in [-0.15, -0.1) is 0 Å². The highest BCUT2D eigenvalue weighted by Crippen LogP contribution is 2.12. The number of amides is 2. The van der Waals surface area contributed by atoms with Gasteiger partial charge in [-0.25, -0.2) is 0 Å². The van der Waals surface area contributed by atoms with Crippen LogP contribution >= 0.6 is 0 Å². The van der Waals surface area contributed by atoms with Gasteiger partial charge in [-0.05, 0) is 44.2 Å². The van der Waals surface area contributed by atoms with Crippen molar-refractivity contribution in [1.82, 2.24) is 14.7 Å². The van der Waals surface area contributed by atoms with Gasteiger partial charge in [-0.1, -0.05) is 0 Å². The van der Waals surface area contributed by atoms with E-state index in [4.69, 9.17) is 4.74 Å². The van der Waals surface area contributed by atoms with Gasteiger partial charge in [-0.3, -0.25) is 19.1 Å². The summed E-state index contributed by atoms with van der Waals surface area (Å²) in [5.74, 6) is -0.444. The monoisotopic (exact) mass is 370 g/mol. The Morgan fingerprint density at radius 3 is 2.44 bits per heavy atom. The summed E-state index contributed by atoms with van der Waals surface area (Å²) >= 11 is 0. The van der Waals surface area contributed by atoms with Crippen LogP contribution in [0.5, 0.6) is 0 Å².